The van der Waals surface area contributed by atoms with Crippen molar-refractivity contribution in [3.63, 3.8) is 0 Å². The number of ether oxygens (including phenoxy) is 5. The van der Waals surface area contributed by atoms with Crippen molar-refractivity contribution < 1.29 is 32.9 Å². The average molecular weight is 510 g/mol. The van der Waals surface area contributed by atoms with Crippen LogP contribution in [-0.4, -0.2) is 39.1 Å². The molecule has 1 saturated heterocycles. The molecular weight excluding hydrogens is 477 g/mol. The highest BCUT2D eigenvalue weighted by atomic mass is 19.1. The predicted molar refractivity (Wildman–Crippen MR) is 138 cm³/mol. The molecule has 4 rings (SSSR count). The first kappa shape index (κ1) is 26.4. The minimum absolute atomic E-state index is 0.114. The molecule has 0 saturated carbocycles. The SMILES string of the molecule is COc1ccc(OCCOC2CCCCO2)c(CN(C(C)=O)c2cc(F)ccc2Oc2ccccc2)c1. The second-order valence-corrected chi connectivity index (χ2v) is 8.62. The third-order valence-corrected chi connectivity index (χ3v) is 5.94. The zero-order valence-electron chi connectivity index (χ0n) is 21.2. The van der Waals surface area contributed by atoms with Crippen molar-refractivity contribution in [2.24, 2.45) is 0 Å². The van der Waals surface area contributed by atoms with E-state index in [1.807, 2.05) is 18.2 Å². The van der Waals surface area contributed by atoms with Crippen molar-refractivity contribution in [1.29, 1.82) is 0 Å². The second kappa shape index (κ2) is 13.1. The maximum absolute atomic E-state index is 14.3. The fourth-order valence-corrected chi connectivity index (χ4v) is 4.06. The van der Waals surface area contributed by atoms with Crippen LogP contribution in [0.15, 0.2) is 66.7 Å². The van der Waals surface area contributed by atoms with E-state index in [-0.39, 0.29) is 18.7 Å². The minimum Gasteiger partial charge on any atom is -0.497 e. The lowest BCUT2D eigenvalue weighted by Crippen LogP contribution is -2.29. The Morgan fingerprint density at radius 2 is 1.81 bits per heavy atom. The van der Waals surface area contributed by atoms with Gasteiger partial charge >= 0.3 is 0 Å². The van der Waals surface area contributed by atoms with E-state index < -0.39 is 5.82 Å². The molecule has 0 spiro atoms. The second-order valence-electron chi connectivity index (χ2n) is 8.62. The fraction of sp³-hybridized carbons (Fsp3) is 0.345. The Morgan fingerprint density at radius 1 is 1.00 bits per heavy atom. The van der Waals surface area contributed by atoms with Crippen molar-refractivity contribution in [3.05, 3.63) is 78.1 Å². The molecule has 1 heterocycles. The molecule has 196 valence electrons. The van der Waals surface area contributed by atoms with Crippen LogP contribution in [0.1, 0.15) is 31.7 Å². The van der Waals surface area contributed by atoms with E-state index in [4.69, 9.17) is 23.7 Å². The topological polar surface area (TPSA) is 66.5 Å². The summed E-state index contributed by atoms with van der Waals surface area (Å²) >= 11 is 0. The highest BCUT2D eigenvalue weighted by molar-refractivity contribution is 5.93. The first-order valence-electron chi connectivity index (χ1n) is 12.4. The number of hydrogen-bond donors (Lipinski definition) is 0. The van der Waals surface area contributed by atoms with Gasteiger partial charge in [-0.05, 0) is 61.7 Å². The molecule has 1 aliphatic heterocycles. The van der Waals surface area contributed by atoms with E-state index in [9.17, 15) is 9.18 Å². The monoisotopic (exact) mass is 509 g/mol. The Bertz CT molecular complexity index is 1170. The van der Waals surface area contributed by atoms with Crippen LogP contribution in [-0.2, 0) is 20.8 Å². The summed E-state index contributed by atoms with van der Waals surface area (Å²) in [6.45, 7) is 2.93. The van der Waals surface area contributed by atoms with Gasteiger partial charge in [0.05, 0.1) is 25.9 Å². The summed E-state index contributed by atoms with van der Waals surface area (Å²) in [6, 6.07) is 18.6. The number of amides is 1. The molecule has 0 radical (unpaired) electrons. The van der Waals surface area contributed by atoms with Gasteiger partial charge < -0.3 is 28.6 Å². The maximum Gasteiger partial charge on any atom is 0.224 e. The van der Waals surface area contributed by atoms with Gasteiger partial charge in [0.15, 0.2) is 12.0 Å². The van der Waals surface area contributed by atoms with Gasteiger partial charge in [0.2, 0.25) is 5.91 Å². The molecule has 3 aromatic rings. The molecule has 0 N–H and O–H groups in total. The van der Waals surface area contributed by atoms with Crippen molar-refractivity contribution >= 4 is 11.6 Å². The molecule has 0 aromatic heterocycles. The summed E-state index contributed by atoms with van der Waals surface area (Å²) in [4.78, 5) is 14.3. The van der Waals surface area contributed by atoms with Crippen LogP contribution >= 0.6 is 0 Å². The van der Waals surface area contributed by atoms with E-state index in [0.717, 1.165) is 19.3 Å². The first-order valence-corrected chi connectivity index (χ1v) is 12.4. The standard InChI is InChI=1S/C29H32FNO6/c1-21(32)31(26-19-23(30)11-13-28(26)37-24-8-4-3-5-9-24)20-22-18-25(33-2)12-14-27(22)34-16-17-36-29-10-6-7-15-35-29/h3-5,8-9,11-14,18-19,29H,6-7,10,15-17,20H2,1-2H3. The highest BCUT2D eigenvalue weighted by Gasteiger charge is 2.21. The summed E-state index contributed by atoms with van der Waals surface area (Å²) in [5.74, 6) is 1.35. The average Bonchev–Trinajstić information content (AvgIpc) is 2.92. The zero-order valence-corrected chi connectivity index (χ0v) is 21.2. The van der Waals surface area contributed by atoms with Crippen molar-refractivity contribution in [2.75, 3.05) is 31.8 Å². The van der Waals surface area contributed by atoms with E-state index in [1.165, 1.54) is 30.0 Å². The van der Waals surface area contributed by atoms with Gasteiger partial charge in [0.25, 0.3) is 0 Å². The van der Waals surface area contributed by atoms with Crippen LogP contribution < -0.4 is 19.1 Å². The molecule has 3 aromatic carbocycles. The van der Waals surface area contributed by atoms with Crippen molar-refractivity contribution in [2.45, 2.75) is 39.0 Å². The Balaban J connectivity index is 1.54. The summed E-state index contributed by atoms with van der Waals surface area (Å²) in [7, 11) is 1.57. The molecule has 0 bridgehead atoms. The third-order valence-electron chi connectivity index (χ3n) is 5.94. The minimum atomic E-state index is -0.481. The van der Waals surface area contributed by atoms with Gasteiger partial charge in [0, 0.05) is 25.2 Å². The number of hydrogen-bond acceptors (Lipinski definition) is 6. The van der Waals surface area contributed by atoms with Gasteiger partial charge in [0.1, 0.15) is 29.7 Å². The molecule has 37 heavy (non-hydrogen) atoms. The van der Waals surface area contributed by atoms with Gasteiger partial charge in [-0.25, -0.2) is 4.39 Å². The summed E-state index contributed by atoms with van der Waals surface area (Å²) in [5, 5.41) is 0. The lowest BCUT2D eigenvalue weighted by atomic mass is 10.1. The maximum atomic E-state index is 14.3. The van der Waals surface area contributed by atoms with Crippen molar-refractivity contribution in [1.82, 2.24) is 0 Å². The Labute approximate surface area is 216 Å². The Kier molecular flexibility index (Phi) is 9.35. The fourth-order valence-electron chi connectivity index (χ4n) is 4.06. The number of anilines is 1. The quantitative estimate of drug-likeness (QED) is 0.291. The smallest absolute Gasteiger partial charge is 0.224 e. The van der Waals surface area contributed by atoms with E-state index >= 15 is 0 Å². The van der Waals surface area contributed by atoms with Crippen LogP contribution in [0.4, 0.5) is 10.1 Å². The van der Waals surface area contributed by atoms with Crippen LogP contribution in [0, 0.1) is 5.82 Å². The van der Waals surface area contributed by atoms with Crippen molar-refractivity contribution in [3.8, 4) is 23.0 Å². The predicted octanol–water partition coefficient (Wildman–Crippen LogP) is 6.10. The number of methoxy groups -OCH3 is 1. The molecule has 8 heteroatoms. The molecular formula is C29H32FNO6. The molecule has 1 unspecified atom stereocenters. The van der Waals surface area contributed by atoms with Gasteiger partial charge in [-0.2, -0.15) is 0 Å². The van der Waals surface area contributed by atoms with Gasteiger partial charge in [-0.1, -0.05) is 18.2 Å². The van der Waals surface area contributed by atoms with Crippen LogP contribution in [0.25, 0.3) is 0 Å². The molecule has 1 atom stereocenters. The summed E-state index contributed by atoms with van der Waals surface area (Å²) in [5.41, 5.74) is 1.00. The Hall–Kier alpha value is -3.62. The molecule has 0 aliphatic carbocycles. The van der Waals surface area contributed by atoms with E-state index in [0.29, 0.717) is 54.1 Å². The normalized spacial score (nSPS) is 15.2. The number of benzene rings is 3. The third kappa shape index (κ3) is 7.44. The van der Waals surface area contributed by atoms with Crippen LogP contribution in [0.5, 0.6) is 23.0 Å². The first-order chi connectivity index (χ1) is 18.0. The van der Waals surface area contributed by atoms with E-state index in [1.54, 1.807) is 37.4 Å². The molecule has 7 nitrogen and oxygen atoms in total. The number of nitrogens with zero attached hydrogens (tertiary/aromatic N) is 1. The number of carbonyl (C=O) groups is 1. The largest absolute Gasteiger partial charge is 0.497 e. The summed E-state index contributed by atoms with van der Waals surface area (Å²) < 4.78 is 43.1. The molecule has 1 fully saturated rings. The number of para-hydroxylation sites is 1. The highest BCUT2D eigenvalue weighted by Crippen LogP contribution is 2.36. The van der Waals surface area contributed by atoms with Gasteiger partial charge in [-0.3, -0.25) is 4.79 Å². The van der Waals surface area contributed by atoms with E-state index in [2.05, 4.69) is 0 Å². The number of carbonyl (C=O) groups excluding carboxylic acids is 1. The molecule has 1 amide bonds. The zero-order chi connectivity index (χ0) is 26.0. The van der Waals surface area contributed by atoms with Crippen LogP contribution in [0.2, 0.25) is 0 Å². The number of rotatable bonds is 11. The lowest BCUT2D eigenvalue weighted by molar-refractivity contribution is -0.165. The van der Waals surface area contributed by atoms with Crippen LogP contribution in [0.3, 0.4) is 0 Å². The summed E-state index contributed by atoms with van der Waals surface area (Å²) in [6.07, 6.45) is 2.83. The molecule has 1 aliphatic rings. The van der Waals surface area contributed by atoms with Gasteiger partial charge in [-0.15, -0.1) is 0 Å². The lowest BCUT2D eigenvalue weighted by Gasteiger charge is -2.25. The Morgan fingerprint density at radius 3 is 2.54 bits per heavy atom. The number of halogens is 1.